The van der Waals surface area contributed by atoms with Gasteiger partial charge in [-0.05, 0) is 91.9 Å². The van der Waals surface area contributed by atoms with Crippen LogP contribution in [0.5, 0.6) is 5.75 Å². The van der Waals surface area contributed by atoms with Crippen molar-refractivity contribution in [3.8, 4) is 34.4 Å². The van der Waals surface area contributed by atoms with Gasteiger partial charge in [0.05, 0.1) is 17.3 Å². The highest BCUT2D eigenvalue weighted by atomic mass is 16.4. The van der Waals surface area contributed by atoms with Crippen LogP contribution in [0, 0.1) is 6.92 Å². The number of hydrogen-bond donors (Lipinski definition) is 3. The Morgan fingerprint density at radius 1 is 1.02 bits per heavy atom. The van der Waals surface area contributed by atoms with Gasteiger partial charge in [0.1, 0.15) is 28.5 Å². The Labute approximate surface area is 245 Å². The number of aromatic hydroxyl groups is 1. The number of nitrogens with two attached hydrogens (primary N) is 2. The third kappa shape index (κ3) is 5.31. The number of amides is 1. The molecule has 0 bridgehead atoms. The van der Waals surface area contributed by atoms with Crippen LogP contribution in [-0.4, -0.2) is 41.8 Å². The number of oxazole rings is 1. The number of carbonyl (C=O) groups is 2. The van der Waals surface area contributed by atoms with Gasteiger partial charge >= 0.3 is 0 Å². The van der Waals surface area contributed by atoms with E-state index in [1.165, 1.54) is 35.7 Å². The van der Waals surface area contributed by atoms with Crippen molar-refractivity contribution in [1.29, 1.82) is 0 Å². The minimum atomic E-state index is -0.627. The molecule has 1 aliphatic carbocycles. The van der Waals surface area contributed by atoms with Crippen molar-refractivity contribution < 1.29 is 19.1 Å². The summed E-state index contributed by atoms with van der Waals surface area (Å²) in [6.45, 7) is 1.87. The second-order valence-corrected chi connectivity index (χ2v) is 10.1. The first-order valence-electron chi connectivity index (χ1n) is 13.6. The van der Waals surface area contributed by atoms with Crippen LogP contribution >= 0.6 is 0 Å². The molecule has 0 saturated heterocycles. The molecule has 0 spiro atoms. The Kier molecular flexibility index (Phi) is 7.12. The molecule has 2 aromatic carbocycles. The molecule has 7 rings (SSSR count). The van der Waals surface area contributed by atoms with Gasteiger partial charge in [-0.2, -0.15) is 0 Å². The van der Waals surface area contributed by atoms with Crippen LogP contribution in [-0.2, 0) is 12.8 Å². The second kappa shape index (κ2) is 11.2. The molecule has 0 saturated carbocycles. The summed E-state index contributed by atoms with van der Waals surface area (Å²) >= 11 is 0. The predicted octanol–water partition coefficient (Wildman–Crippen LogP) is 4.82. The quantitative estimate of drug-likeness (QED) is 0.244. The van der Waals surface area contributed by atoms with Crippen LogP contribution in [0.15, 0.2) is 77.5 Å². The van der Waals surface area contributed by atoms with Crippen LogP contribution in [0.25, 0.3) is 39.8 Å². The second-order valence-electron chi connectivity index (χ2n) is 10.1. The molecule has 0 atom stereocenters. The van der Waals surface area contributed by atoms with Crippen molar-refractivity contribution in [3.05, 3.63) is 101 Å². The van der Waals surface area contributed by atoms with E-state index in [2.05, 4.69) is 32.7 Å². The van der Waals surface area contributed by atoms with Crippen molar-refractivity contribution in [2.75, 3.05) is 5.73 Å². The molecule has 11 nitrogen and oxygen atoms in total. The van der Waals surface area contributed by atoms with Crippen LogP contribution in [0.3, 0.4) is 0 Å². The molecule has 4 aromatic heterocycles. The van der Waals surface area contributed by atoms with E-state index in [0.29, 0.717) is 29.5 Å². The number of benzene rings is 2. The maximum Gasteiger partial charge on any atom is 0.248 e. The summed E-state index contributed by atoms with van der Waals surface area (Å²) in [7, 11) is 0. The molecule has 5 N–H and O–H groups in total. The zero-order chi connectivity index (χ0) is 30.1. The molecule has 214 valence electrons. The number of aldehydes is 1. The molecule has 4 heterocycles. The Bertz CT molecular complexity index is 2010. The molecular weight excluding hydrogens is 546 g/mol. The lowest BCUT2D eigenvalue weighted by atomic mass is 10.1. The number of primary amides is 1. The first-order valence-corrected chi connectivity index (χ1v) is 13.6. The third-order valence-corrected chi connectivity index (χ3v) is 7.20. The Morgan fingerprint density at radius 2 is 1.86 bits per heavy atom. The average Bonchev–Trinajstić information content (AvgIpc) is 3.75. The molecule has 6 aromatic rings. The Morgan fingerprint density at radius 3 is 2.60 bits per heavy atom. The van der Waals surface area contributed by atoms with Crippen LogP contribution in [0.1, 0.15) is 44.0 Å². The summed E-state index contributed by atoms with van der Waals surface area (Å²) < 4.78 is 7.76. The van der Waals surface area contributed by atoms with Crippen molar-refractivity contribution >= 4 is 29.2 Å². The van der Waals surface area contributed by atoms with Gasteiger partial charge in [0.25, 0.3) is 0 Å². The van der Waals surface area contributed by atoms with E-state index in [1.54, 1.807) is 12.4 Å². The lowest BCUT2D eigenvalue weighted by Crippen LogP contribution is -2.10. The number of aromatic nitrogens is 5. The standard InChI is InChI=1S/C24H20N6O.C8H7NO3/c1-14-13-27-24(31-14)20-10-9-19-23(29-20)30(17-8-7-15-4-2-5-16(15)12-17)22(28-19)18-6-3-11-26-21(18)25;9-8(12)5-1-2-7(11)6(3-5)4-10/h3,6-13H,2,4-5H2,1H3,(H2,25,26);1-4,11H,(H2,9,12). The fraction of sp³-hybridized carbons (Fsp3) is 0.125. The normalized spacial score (nSPS) is 12.0. The number of rotatable bonds is 5. The highest BCUT2D eigenvalue weighted by Gasteiger charge is 2.21. The molecule has 43 heavy (non-hydrogen) atoms. The van der Waals surface area contributed by atoms with Crippen molar-refractivity contribution in [3.63, 3.8) is 0 Å². The maximum absolute atomic E-state index is 10.6. The summed E-state index contributed by atoms with van der Waals surface area (Å²) in [4.78, 5) is 39.3. The number of aryl methyl sites for hydroxylation is 3. The number of fused-ring (bicyclic) bond motifs is 2. The summed E-state index contributed by atoms with van der Waals surface area (Å²) in [5.74, 6) is 1.60. The average molecular weight is 574 g/mol. The van der Waals surface area contributed by atoms with Gasteiger partial charge < -0.3 is 21.0 Å². The van der Waals surface area contributed by atoms with E-state index in [0.717, 1.165) is 41.0 Å². The largest absolute Gasteiger partial charge is 0.507 e. The van der Waals surface area contributed by atoms with E-state index in [9.17, 15) is 9.59 Å². The van der Waals surface area contributed by atoms with Crippen molar-refractivity contribution in [2.24, 2.45) is 5.73 Å². The van der Waals surface area contributed by atoms with Crippen molar-refractivity contribution in [1.82, 2.24) is 24.5 Å². The number of imidazole rings is 1. The summed E-state index contributed by atoms with van der Waals surface area (Å²) in [6.07, 6.45) is 7.26. The summed E-state index contributed by atoms with van der Waals surface area (Å²) in [5, 5.41) is 9.03. The van der Waals surface area contributed by atoms with Crippen LogP contribution in [0.4, 0.5) is 5.82 Å². The van der Waals surface area contributed by atoms with Crippen LogP contribution < -0.4 is 11.5 Å². The van der Waals surface area contributed by atoms with Gasteiger partial charge in [0, 0.05) is 17.4 Å². The van der Waals surface area contributed by atoms with Gasteiger partial charge in [-0.15, -0.1) is 0 Å². The number of anilines is 1. The highest BCUT2D eigenvalue weighted by Crippen LogP contribution is 2.33. The number of hydrogen-bond acceptors (Lipinski definition) is 9. The molecule has 0 unspecified atom stereocenters. The highest BCUT2D eigenvalue weighted by molar-refractivity contribution is 5.95. The van der Waals surface area contributed by atoms with E-state index >= 15 is 0 Å². The molecule has 1 amide bonds. The fourth-order valence-corrected chi connectivity index (χ4v) is 5.08. The molecule has 1 aliphatic rings. The minimum Gasteiger partial charge on any atom is -0.507 e. The van der Waals surface area contributed by atoms with Gasteiger partial charge in [-0.25, -0.2) is 19.9 Å². The third-order valence-electron chi connectivity index (χ3n) is 7.20. The maximum atomic E-state index is 10.6. The zero-order valence-electron chi connectivity index (χ0n) is 23.2. The van der Waals surface area contributed by atoms with E-state index in [-0.39, 0.29) is 16.9 Å². The smallest absolute Gasteiger partial charge is 0.248 e. The predicted molar refractivity (Wildman–Crippen MR) is 161 cm³/mol. The van der Waals surface area contributed by atoms with Crippen molar-refractivity contribution in [2.45, 2.75) is 26.2 Å². The number of pyridine rings is 2. The number of carbonyl (C=O) groups excluding carboxylic acids is 2. The van der Waals surface area contributed by atoms with Gasteiger partial charge in [0.2, 0.25) is 11.8 Å². The molecule has 0 aliphatic heterocycles. The summed E-state index contributed by atoms with van der Waals surface area (Å²) in [6, 6.07) is 18.0. The SMILES string of the molecule is Cc1cnc(-c2ccc3nc(-c4cccnc4N)n(-c4ccc5c(c4)CCC5)c3n2)o1.NC(=O)c1ccc(O)c(C=O)c1. The molecule has 0 fully saturated rings. The molecule has 0 radical (unpaired) electrons. The summed E-state index contributed by atoms with van der Waals surface area (Å²) in [5.41, 5.74) is 18.2. The molecular formula is C32H27N7O4. The lowest BCUT2D eigenvalue weighted by molar-refractivity contribution is 0.1000. The number of nitrogens with zero attached hydrogens (tertiary/aromatic N) is 5. The van der Waals surface area contributed by atoms with E-state index in [4.69, 9.17) is 31.0 Å². The lowest BCUT2D eigenvalue weighted by Gasteiger charge is -2.12. The molecule has 11 heteroatoms. The number of phenols is 1. The van der Waals surface area contributed by atoms with Gasteiger partial charge in [-0.1, -0.05) is 6.07 Å². The van der Waals surface area contributed by atoms with Gasteiger partial charge in [0.15, 0.2) is 17.8 Å². The number of phenolic OH excluding ortho intramolecular Hbond substituents is 1. The van der Waals surface area contributed by atoms with Crippen LogP contribution in [0.2, 0.25) is 0 Å². The van der Waals surface area contributed by atoms with E-state index < -0.39 is 5.91 Å². The van der Waals surface area contributed by atoms with Gasteiger partial charge in [-0.3, -0.25) is 14.2 Å². The first kappa shape index (κ1) is 27.3. The van der Waals surface area contributed by atoms with E-state index in [1.807, 2.05) is 31.2 Å². The minimum absolute atomic E-state index is 0.0614. The topological polar surface area (TPSA) is 176 Å². The Balaban J connectivity index is 0.000000232. The first-order chi connectivity index (χ1) is 20.8. The monoisotopic (exact) mass is 573 g/mol. The number of nitrogen functional groups attached to an aromatic ring is 1. The Hall–Kier alpha value is -5.84. The zero-order valence-corrected chi connectivity index (χ0v) is 23.2. The fourth-order valence-electron chi connectivity index (χ4n) is 5.08.